The van der Waals surface area contributed by atoms with Gasteiger partial charge < -0.3 is 5.32 Å². The molecule has 1 rings (SSSR count). The van der Waals surface area contributed by atoms with Crippen molar-refractivity contribution in [2.24, 2.45) is 0 Å². The van der Waals surface area contributed by atoms with Crippen LogP contribution in [0.15, 0.2) is 0 Å². The largest absolute Gasteiger partial charge is 0.337 e. The quantitative estimate of drug-likeness (QED) is 0.806. The summed E-state index contributed by atoms with van der Waals surface area (Å²) in [7, 11) is -0.901. The minimum atomic E-state index is -0.901. The Morgan fingerprint density at radius 2 is 2.05 bits per heavy atom. The van der Waals surface area contributed by atoms with Crippen LogP contribution in [-0.4, -0.2) is 39.0 Å². The van der Waals surface area contributed by atoms with Crippen molar-refractivity contribution < 1.29 is 9.00 Å². The molecular weight excluding hydrogens is 284 g/mol. The fourth-order valence-corrected chi connectivity index (χ4v) is 2.93. The lowest BCUT2D eigenvalue weighted by atomic mass is 10.1. The number of hydrogen-bond acceptors (Lipinski definition) is 5. The van der Waals surface area contributed by atoms with Crippen molar-refractivity contribution >= 4 is 33.3 Å². The fraction of sp³-hybridized carbons (Fsp3) is 0.727. The van der Waals surface area contributed by atoms with Crippen LogP contribution in [-0.2, 0) is 10.8 Å². The summed E-state index contributed by atoms with van der Waals surface area (Å²) in [5.41, 5.74) is 0. The van der Waals surface area contributed by atoms with E-state index in [1.54, 1.807) is 6.26 Å². The van der Waals surface area contributed by atoms with E-state index in [-0.39, 0.29) is 6.03 Å². The van der Waals surface area contributed by atoms with Crippen LogP contribution in [0.4, 0.5) is 9.93 Å². The third kappa shape index (κ3) is 5.65. The van der Waals surface area contributed by atoms with Crippen molar-refractivity contribution in [1.82, 2.24) is 15.5 Å². The van der Waals surface area contributed by atoms with E-state index in [0.29, 0.717) is 23.3 Å². The molecule has 1 aromatic heterocycles. The molecule has 8 heteroatoms. The predicted molar refractivity (Wildman–Crippen MR) is 79.2 cm³/mol. The summed E-state index contributed by atoms with van der Waals surface area (Å²) >= 11 is 1.40. The minimum Gasteiger partial charge on any atom is -0.337 e. The molecule has 0 unspecified atom stereocenters. The number of carbonyl (C=O) groups is 1. The maximum absolute atomic E-state index is 11.5. The highest BCUT2D eigenvalue weighted by Gasteiger charge is 2.14. The van der Waals surface area contributed by atoms with Crippen molar-refractivity contribution in [3.8, 4) is 0 Å². The molecular formula is C11H20N4O2S2. The molecule has 0 bridgehead atoms. The van der Waals surface area contributed by atoms with E-state index in [0.717, 1.165) is 17.8 Å². The van der Waals surface area contributed by atoms with Crippen molar-refractivity contribution in [2.45, 2.75) is 32.6 Å². The fourth-order valence-electron chi connectivity index (χ4n) is 1.54. The van der Waals surface area contributed by atoms with Crippen LogP contribution in [0.25, 0.3) is 0 Å². The van der Waals surface area contributed by atoms with Crippen LogP contribution < -0.4 is 10.6 Å². The molecule has 0 aliphatic heterocycles. The Balaban J connectivity index is 2.44. The molecule has 0 aromatic carbocycles. The number of amides is 2. The normalized spacial score (nSPS) is 12.4. The molecule has 0 saturated carbocycles. The average molecular weight is 304 g/mol. The molecule has 0 aliphatic carbocycles. The van der Waals surface area contributed by atoms with Crippen LogP contribution >= 0.6 is 11.3 Å². The number of anilines is 1. The minimum absolute atomic E-state index is 0.335. The zero-order valence-electron chi connectivity index (χ0n) is 11.4. The van der Waals surface area contributed by atoms with Crippen LogP contribution in [0, 0.1) is 0 Å². The zero-order chi connectivity index (χ0) is 14.3. The summed E-state index contributed by atoms with van der Waals surface area (Å²) in [6.07, 6.45) is 3.63. The van der Waals surface area contributed by atoms with Gasteiger partial charge in [0.1, 0.15) is 5.01 Å². The van der Waals surface area contributed by atoms with E-state index in [9.17, 15) is 9.00 Å². The Bertz CT molecular complexity index is 432. The van der Waals surface area contributed by atoms with Gasteiger partial charge in [-0.05, 0) is 12.8 Å². The van der Waals surface area contributed by atoms with Crippen LogP contribution in [0.1, 0.15) is 37.6 Å². The van der Waals surface area contributed by atoms with Gasteiger partial charge in [-0.25, -0.2) is 4.79 Å². The molecule has 0 fully saturated rings. The molecule has 0 radical (unpaired) electrons. The smallest absolute Gasteiger partial charge is 0.321 e. The lowest BCUT2D eigenvalue weighted by Gasteiger charge is -2.06. The Labute approximate surface area is 119 Å². The van der Waals surface area contributed by atoms with Crippen LogP contribution in [0.5, 0.6) is 0 Å². The summed E-state index contributed by atoms with van der Waals surface area (Å²) in [6, 6.07) is -0.335. The number of nitrogens with one attached hydrogen (secondary N) is 2. The van der Waals surface area contributed by atoms with Gasteiger partial charge in [0.05, 0.1) is 0 Å². The molecule has 1 atom stereocenters. The first-order chi connectivity index (χ1) is 9.06. The molecule has 2 amide bonds. The van der Waals surface area contributed by atoms with Gasteiger partial charge in [-0.15, -0.1) is 10.2 Å². The second-order valence-electron chi connectivity index (χ2n) is 4.12. The predicted octanol–water partition coefficient (Wildman–Crippen LogP) is 1.94. The summed E-state index contributed by atoms with van der Waals surface area (Å²) in [4.78, 5) is 11.5. The first-order valence-electron chi connectivity index (χ1n) is 6.25. The number of carbonyl (C=O) groups excluding carboxylic acids is 1. The lowest BCUT2D eigenvalue weighted by Crippen LogP contribution is -2.31. The van der Waals surface area contributed by atoms with Gasteiger partial charge in [-0.2, -0.15) is 0 Å². The molecule has 0 spiro atoms. The Kier molecular flexibility index (Phi) is 6.93. The van der Waals surface area contributed by atoms with Gasteiger partial charge in [-0.1, -0.05) is 25.2 Å². The Hall–Kier alpha value is -1.02. The van der Waals surface area contributed by atoms with Crippen molar-refractivity contribution in [1.29, 1.82) is 0 Å². The molecule has 1 heterocycles. The molecule has 108 valence electrons. The highest BCUT2D eigenvalue weighted by atomic mass is 32.2. The molecule has 0 saturated heterocycles. The lowest BCUT2D eigenvalue weighted by molar-refractivity contribution is 0.252. The number of urea groups is 1. The third-order valence-corrected chi connectivity index (χ3v) is 4.45. The highest BCUT2D eigenvalue weighted by Crippen LogP contribution is 2.27. The number of rotatable bonds is 7. The number of aromatic nitrogens is 2. The first-order valence-corrected chi connectivity index (χ1v) is 8.79. The highest BCUT2D eigenvalue weighted by molar-refractivity contribution is 7.84. The first kappa shape index (κ1) is 16.0. The Morgan fingerprint density at radius 3 is 2.63 bits per heavy atom. The Morgan fingerprint density at radius 1 is 1.37 bits per heavy atom. The number of nitrogens with zero attached hydrogens (tertiary/aromatic N) is 2. The summed E-state index contributed by atoms with van der Waals surface area (Å²) in [5, 5.41) is 14.8. The van der Waals surface area contributed by atoms with Gasteiger partial charge in [0.2, 0.25) is 5.13 Å². The van der Waals surface area contributed by atoms with E-state index >= 15 is 0 Å². The summed E-state index contributed by atoms with van der Waals surface area (Å²) in [5.74, 6) is 0.848. The molecule has 2 N–H and O–H groups in total. The van der Waals surface area contributed by atoms with Gasteiger partial charge in [-0.3, -0.25) is 9.53 Å². The summed E-state index contributed by atoms with van der Waals surface area (Å²) < 4.78 is 10.8. The summed E-state index contributed by atoms with van der Waals surface area (Å²) in [6.45, 7) is 4.60. The molecule has 6 nitrogen and oxygen atoms in total. The average Bonchev–Trinajstić information content (AvgIpc) is 2.78. The van der Waals surface area contributed by atoms with E-state index < -0.39 is 10.8 Å². The van der Waals surface area contributed by atoms with Crippen LogP contribution in [0.2, 0.25) is 0 Å². The molecule has 1 aromatic rings. The molecule has 0 aliphatic rings. The van der Waals surface area contributed by atoms with E-state index in [1.165, 1.54) is 11.3 Å². The monoisotopic (exact) mass is 304 g/mol. The number of hydrogen-bond donors (Lipinski definition) is 2. The van der Waals surface area contributed by atoms with Gasteiger partial charge in [0.15, 0.2) is 0 Å². The topological polar surface area (TPSA) is 84.0 Å². The van der Waals surface area contributed by atoms with Crippen molar-refractivity contribution in [3.63, 3.8) is 0 Å². The van der Waals surface area contributed by atoms with E-state index in [1.807, 2.05) is 0 Å². The van der Waals surface area contributed by atoms with E-state index in [2.05, 4.69) is 34.7 Å². The second-order valence-corrected chi connectivity index (χ2v) is 6.68. The van der Waals surface area contributed by atoms with Crippen LogP contribution in [0.3, 0.4) is 0 Å². The maximum Gasteiger partial charge on any atom is 0.321 e. The SMILES string of the molecule is CCC(CC)c1nnc(NC(=O)NCC[S@](C)=O)s1. The van der Waals surface area contributed by atoms with E-state index in [4.69, 9.17) is 0 Å². The van der Waals surface area contributed by atoms with Gasteiger partial charge in [0.25, 0.3) is 0 Å². The second kappa shape index (κ2) is 8.21. The van der Waals surface area contributed by atoms with Crippen molar-refractivity contribution in [2.75, 3.05) is 23.9 Å². The third-order valence-electron chi connectivity index (χ3n) is 2.67. The van der Waals surface area contributed by atoms with Crippen molar-refractivity contribution in [3.05, 3.63) is 5.01 Å². The molecule has 19 heavy (non-hydrogen) atoms. The zero-order valence-corrected chi connectivity index (χ0v) is 13.1. The standard InChI is InChI=1S/C11H20N4O2S2/c1-4-8(5-2)9-14-15-11(18-9)13-10(16)12-6-7-19(3)17/h8H,4-7H2,1-3H3,(H2,12,13,15,16)/t19-/m0/s1. The van der Waals surface area contributed by atoms with Gasteiger partial charge >= 0.3 is 6.03 Å². The van der Waals surface area contributed by atoms with Gasteiger partial charge in [0, 0.05) is 35.3 Å². The maximum atomic E-state index is 11.5.